The van der Waals surface area contributed by atoms with Gasteiger partial charge in [-0.3, -0.25) is 4.79 Å². The molecule has 3 rings (SSSR count). The molecule has 0 aromatic heterocycles. The number of carboxylic acid groups (broad SMARTS) is 1. The molecule has 2 heterocycles. The predicted molar refractivity (Wildman–Crippen MR) is 81.8 cm³/mol. The van der Waals surface area contributed by atoms with E-state index in [1.807, 2.05) is 0 Å². The van der Waals surface area contributed by atoms with E-state index >= 15 is 0 Å². The van der Waals surface area contributed by atoms with Crippen molar-refractivity contribution < 1.29 is 14.6 Å². The molecule has 4 nitrogen and oxygen atoms in total. The molecule has 0 bridgehead atoms. The van der Waals surface area contributed by atoms with Gasteiger partial charge in [0, 0.05) is 25.4 Å². The number of hydrogen-bond donors (Lipinski definition) is 1. The largest absolute Gasteiger partial charge is 0.481 e. The van der Waals surface area contributed by atoms with Crippen molar-refractivity contribution in [2.75, 3.05) is 31.2 Å². The van der Waals surface area contributed by atoms with Crippen LogP contribution in [0.2, 0.25) is 0 Å². The molecule has 2 aliphatic rings. The lowest BCUT2D eigenvalue weighted by molar-refractivity contribution is -0.156. The van der Waals surface area contributed by atoms with E-state index in [4.69, 9.17) is 4.74 Å². The summed E-state index contributed by atoms with van der Waals surface area (Å²) in [4.78, 5) is 14.1. The molecule has 1 atom stereocenters. The first-order valence-corrected chi connectivity index (χ1v) is 7.76. The highest BCUT2D eigenvalue weighted by atomic mass is 16.5. The number of anilines is 1. The standard InChI is InChI=1S/C17H23NO3/c1-13-5-6-15-14(10-13)4-2-8-18(15)11-17(16(19)20)7-3-9-21-12-17/h5-6,10H,2-4,7-9,11-12H2,1H3,(H,19,20). The zero-order valence-corrected chi connectivity index (χ0v) is 12.6. The van der Waals surface area contributed by atoms with Gasteiger partial charge < -0.3 is 14.7 Å². The predicted octanol–water partition coefficient (Wildman–Crippen LogP) is 2.63. The lowest BCUT2D eigenvalue weighted by atomic mass is 9.81. The highest BCUT2D eigenvalue weighted by Gasteiger charge is 2.42. The summed E-state index contributed by atoms with van der Waals surface area (Å²) in [5.41, 5.74) is 3.07. The molecule has 0 spiro atoms. The van der Waals surface area contributed by atoms with Gasteiger partial charge in [-0.1, -0.05) is 17.7 Å². The zero-order chi connectivity index (χ0) is 14.9. The second-order valence-corrected chi connectivity index (χ2v) is 6.40. The average molecular weight is 289 g/mol. The number of benzene rings is 1. The molecule has 1 aromatic carbocycles. The van der Waals surface area contributed by atoms with Gasteiger partial charge in [-0.05, 0) is 44.2 Å². The Morgan fingerprint density at radius 3 is 3.00 bits per heavy atom. The van der Waals surface area contributed by atoms with Crippen LogP contribution in [0.3, 0.4) is 0 Å². The van der Waals surface area contributed by atoms with Crippen molar-refractivity contribution in [2.24, 2.45) is 5.41 Å². The Kier molecular flexibility index (Phi) is 3.89. The third-order valence-corrected chi connectivity index (χ3v) is 4.72. The van der Waals surface area contributed by atoms with Crippen LogP contribution in [0, 0.1) is 12.3 Å². The van der Waals surface area contributed by atoms with Gasteiger partial charge >= 0.3 is 5.97 Å². The number of aryl methyl sites for hydroxylation is 2. The molecule has 1 fully saturated rings. The second kappa shape index (κ2) is 5.68. The fraction of sp³-hybridized carbons (Fsp3) is 0.588. The Bertz CT molecular complexity index is 535. The fourth-order valence-corrected chi connectivity index (χ4v) is 3.55. The van der Waals surface area contributed by atoms with Crippen LogP contribution in [0.5, 0.6) is 0 Å². The number of hydrogen-bond acceptors (Lipinski definition) is 3. The maximum absolute atomic E-state index is 11.8. The molecule has 1 saturated heterocycles. The number of rotatable bonds is 3. The first kappa shape index (κ1) is 14.4. The fourth-order valence-electron chi connectivity index (χ4n) is 3.55. The number of carbonyl (C=O) groups is 1. The van der Waals surface area contributed by atoms with E-state index in [1.165, 1.54) is 16.8 Å². The first-order chi connectivity index (χ1) is 10.1. The molecule has 4 heteroatoms. The molecule has 2 aliphatic heterocycles. The third-order valence-electron chi connectivity index (χ3n) is 4.72. The molecule has 0 amide bonds. The zero-order valence-electron chi connectivity index (χ0n) is 12.6. The number of nitrogens with zero attached hydrogens (tertiary/aromatic N) is 1. The molecule has 1 N–H and O–H groups in total. The van der Waals surface area contributed by atoms with Gasteiger partial charge in [0.15, 0.2) is 0 Å². The first-order valence-electron chi connectivity index (χ1n) is 7.76. The molecule has 0 radical (unpaired) electrons. The maximum Gasteiger partial charge on any atom is 0.313 e. The SMILES string of the molecule is Cc1ccc2c(c1)CCCN2CC1(C(=O)O)CCCOC1. The van der Waals surface area contributed by atoms with Crippen molar-refractivity contribution in [1.29, 1.82) is 0 Å². The van der Waals surface area contributed by atoms with Gasteiger partial charge in [0.25, 0.3) is 0 Å². The van der Waals surface area contributed by atoms with Crippen molar-refractivity contribution in [2.45, 2.75) is 32.6 Å². The molecule has 21 heavy (non-hydrogen) atoms. The van der Waals surface area contributed by atoms with Gasteiger partial charge in [0.05, 0.1) is 6.61 Å². The van der Waals surface area contributed by atoms with E-state index in [1.54, 1.807) is 0 Å². The highest BCUT2D eigenvalue weighted by Crippen LogP contribution is 2.35. The Labute approximate surface area is 125 Å². The summed E-state index contributed by atoms with van der Waals surface area (Å²) >= 11 is 0. The summed E-state index contributed by atoms with van der Waals surface area (Å²) in [7, 11) is 0. The second-order valence-electron chi connectivity index (χ2n) is 6.40. The van der Waals surface area contributed by atoms with Gasteiger partial charge in [-0.15, -0.1) is 0 Å². The lowest BCUT2D eigenvalue weighted by Crippen LogP contribution is -2.49. The van der Waals surface area contributed by atoms with Crippen molar-refractivity contribution in [1.82, 2.24) is 0 Å². The minimum absolute atomic E-state index is 0.333. The van der Waals surface area contributed by atoms with E-state index in [0.29, 0.717) is 26.2 Å². The van der Waals surface area contributed by atoms with Crippen LogP contribution in [-0.4, -0.2) is 37.4 Å². The van der Waals surface area contributed by atoms with Gasteiger partial charge in [0.1, 0.15) is 5.41 Å². The summed E-state index contributed by atoms with van der Waals surface area (Å²) in [6, 6.07) is 6.48. The molecule has 0 aliphatic carbocycles. The van der Waals surface area contributed by atoms with Gasteiger partial charge in [-0.25, -0.2) is 0 Å². The minimum atomic E-state index is -0.752. The van der Waals surface area contributed by atoms with Crippen LogP contribution in [0.4, 0.5) is 5.69 Å². The van der Waals surface area contributed by atoms with E-state index < -0.39 is 11.4 Å². The maximum atomic E-state index is 11.8. The van der Waals surface area contributed by atoms with Gasteiger partial charge in [0.2, 0.25) is 0 Å². The van der Waals surface area contributed by atoms with Crippen LogP contribution < -0.4 is 4.90 Å². The highest BCUT2D eigenvalue weighted by molar-refractivity contribution is 5.76. The Morgan fingerprint density at radius 2 is 2.29 bits per heavy atom. The molecular weight excluding hydrogens is 266 g/mol. The normalized spacial score (nSPS) is 25.5. The van der Waals surface area contributed by atoms with Crippen molar-refractivity contribution in [3.63, 3.8) is 0 Å². The molecule has 1 aromatic rings. The Hall–Kier alpha value is -1.55. The van der Waals surface area contributed by atoms with Crippen LogP contribution in [0.1, 0.15) is 30.4 Å². The van der Waals surface area contributed by atoms with Crippen molar-refractivity contribution >= 4 is 11.7 Å². The van der Waals surface area contributed by atoms with Crippen molar-refractivity contribution in [3.05, 3.63) is 29.3 Å². The Morgan fingerprint density at radius 1 is 1.43 bits per heavy atom. The summed E-state index contributed by atoms with van der Waals surface area (Å²) < 4.78 is 5.49. The molecule has 1 unspecified atom stereocenters. The van der Waals surface area contributed by atoms with E-state index in [2.05, 4.69) is 30.0 Å². The number of aliphatic carboxylic acids is 1. The average Bonchev–Trinajstić information content (AvgIpc) is 2.48. The van der Waals surface area contributed by atoms with E-state index in [9.17, 15) is 9.90 Å². The molecule has 114 valence electrons. The van der Waals surface area contributed by atoms with Crippen LogP contribution in [-0.2, 0) is 16.0 Å². The van der Waals surface area contributed by atoms with Crippen LogP contribution in [0.25, 0.3) is 0 Å². The topological polar surface area (TPSA) is 49.8 Å². The van der Waals surface area contributed by atoms with Crippen LogP contribution in [0.15, 0.2) is 18.2 Å². The van der Waals surface area contributed by atoms with Crippen LogP contribution >= 0.6 is 0 Å². The molecular formula is C17H23NO3. The lowest BCUT2D eigenvalue weighted by Gasteiger charge is -2.40. The number of fused-ring (bicyclic) bond motifs is 1. The quantitative estimate of drug-likeness (QED) is 0.929. The van der Waals surface area contributed by atoms with E-state index in [-0.39, 0.29) is 0 Å². The van der Waals surface area contributed by atoms with Gasteiger partial charge in [-0.2, -0.15) is 0 Å². The smallest absolute Gasteiger partial charge is 0.313 e. The van der Waals surface area contributed by atoms with E-state index in [0.717, 1.165) is 25.8 Å². The monoisotopic (exact) mass is 289 g/mol. The summed E-state index contributed by atoms with van der Waals surface area (Å²) in [6.07, 6.45) is 3.72. The molecule has 0 saturated carbocycles. The number of ether oxygens (including phenoxy) is 1. The third kappa shape index (κ3) is 2.77. The summed E-state index contributed by atoms with van der Waals surface area (Å²) in [6.45, 7) is 4.61. The summed E-state index contributed by atoms with van der Waals surface area (Å²) in [5, 5.41) is 9.70. The Balaban J connectivity index is 1.86. The number of carboxylic acids is 1. The van der Waals surface area contributed by atoms with Crippen molar-refractivity contribution in [3.8, 4) is 0 Å². The minimum Gasteiger partial charge on any atom is -0.481 e. The summed E-state index contributed by atoms with van der Waals surface area (Å²) in [5.74, 6) is -0.721.